The highest BCUT2D eigenvalue weighted by Gasteiger charge is 2.21. The Labute approximate surface area is 189 Å². The predicted molar refractivity (Wildman–Crippen MR) is 129 cm³/mol. The minimum atomic E-state index is 0. The number of carbonyl (C=O) groups excluding carboxylic acids is 1. The Morgan fingerprint density at radius 1 is 1.10 bits per heavy atom. The number of aryl methyl sites for hydroxylation is 2. The van der Waals surface area contributed by atoms with Gasteiger partial charge in [0, 0.05) is 13.1 Å². The normalized spacial score (nSPS) is 10.9. The summed E-state index contributed by atoms with van der Waals surface area (Å²) in [4.78, 5) is 21.9. The number of fused-ring (bicyclic) bond motifs is 1. The van der Waals surface area contributed by atoms with Crippen molar-refractivity contribution in [3.05, 3.63) is 53.1 Å². The van der Waals surface area contributed by atoms with E-state index in [0.717, 1.165) is 38.8 Å². The molecule has 7 heteroatoms. The standard InChI is InChI=1S/C23H29N3O2S.ClH/c1-6-28-19-9-7-18(8-10-19)15-21(27)26(12-11-25(4)5)23-24-22-17(3)13-16(2)14-20(22)29-23;/h7-10,13-14H,6,11-12,15H2,1-5H3;1H. The van der Waals surface area contributed by atoms with E-state index in [-0.39, 0.29) is 18.3 Å². The van der Waals surface area contributed by atoms with Gasteiger partial charge in [-0.15, -0.1) is 12.4 Å². The second kappa shape index (κ2) is 10.8. The van der Waals surface area contributed by atoms with Crippen molar-refractivity contribution in [3.63, 3.8) is 0 Å². The van der Waals surface area contributed by atoms with Gasteiger partial charge in [0.05, 0.1) is 23.2 Å². The Morgan fingerprint density at radius 2 is 1.80 bits per heavy atom. The van der Waals surface area contributed by atoms with Crippen molar-refractivity contribution in [3.8, 4) is 5.75 Å². The summed E-state index contributed by atoms with van der Waals surface area (Å²) < 4.78 is 6.62. The van der Waals surface area contributed by atoms with Gasteiger partial charge in [-0.1, -0.05) is 29.5 Å². The summed E-state index contributed by atoms with van der Waals surface area (Å²) in [5.74, 6) is 0.884. The summed E-state index contributed by atoms with van der Waals surface area (Å²) in [5.41, 5.74) is 4.32. The zero-order valence-electron chi connectivity index (χ0n) is 18.3. The van der Waals surface area contributed by atoms with Crippen molar-refractivity contribution in [2.45, 2.75) is 27.2 Å². The number of amides is 1. The van der Waals surface area contributed by atoms with Crippen molar-refractivity contribution >= 4 is 45.0 Å². The third-order valence-electron chi connectivity index (χ3n) is 4.71. The third-order valence-corrected chi connectivity index (χ3v) is 5.74. The van der Waals surface area contributed by atoms with Gasteiger partial charge in [0.2, 0.25) is 5.91 Å². The molecule has 0 aliphatic rings. The van der Waals surface area contributed by atoms with Gasteiger partial charge in [-0.25, -0.2) is 4.98 Å². The highest BCUT2D eigenvalue weighted by Crippen LogP contribution is 2.32. The average Bonchev–Trinajstić information content (AvgIpc) is 3.07. The molecule has 0 bridgehead atoms. The SMILES string of the molecule is CCOc1ccc(CC(=O)N(CCN(C)C)c2nc3c(C)cc(C)cc3s2)cc1.Cl. The maximum Gasteiger partial charge on any atom is 0.233 e. The van der Waals surface area contributed by atoms with Crippen molar-refractivity contribution in [2.75, 3.05) is 38.7 Å². The molecular weight excluding hydrogens is 418 g/mol. The van der Waals surface area contributed by atoms with Crippen LogP contribution in [-0.2, 0) is 11.2 Å². The Morgan fingerprint density at radius 3 is 2.43 bits per heavy atom. The molecule has 0 radical (unpaired) electrons. The Bertz CT molecular complexity index is 986. The summed E-state index contributed by atoms with van der Waals surface area (Å²) >= 11 is 1.59. The van der Waals surface area contributed by atoms with Gasteiger partial charge in [0.25, 0.3) is 0 Å². The second-order valence-corrected chi connectivity index (χ2v) is 8.54. The molecule has 0 spiro atoms. The molecule has 1 heterocycles. The lowest BCUT2D eigenvalue weighted by molar-refractivity contribution is -0.118. The molecule has 0 unspecified atom stereocenters. The van der Waals surface area contributed by atoms with Gasteiger partial charge in [-0.3, -0.25) is 9.69 Å². The van der Waals surface area contributed by atoms with Crippen molar-refractivity contribution in [1.82, 2.24) is 9.88 Å². The number of ether oxygens (including phenoxy) is 1. The molecule has 162 valence electrons. The maximum absolute atomic E-state index is 13.2. The van der Waals surface area contributed by atoms with Crippen LogP contribution in [0.4, 0.5) is 5.13 Å². The Kier molecular flexibility index (Phi) is 8.65. The van der Waals surface area contributed by atoms with Gasteiger partial charge in [0.15, 0.2) is 5.13 Å². The number of hydrogen-bond donors (Lipinski definition) is 0. The zero-order valence-corrected chi connectivity index (χ0v) is 19.9. The van der Waals surface area contributed by atoms with E-state index in [2.05, 4.69) is 30.9 Å². The zero-order chi connectivity index (χ0) is 21.0. The van der Waals surface area contributed by atoms with E-state index < -0.39 is 0 Å². The lowest BCUT2D eigenvalue weighted by Gasteiger charge is -2.22. The van der Waals surface area contributed by atoms with E-state index >= 15 is 0 Å². The first-order valence-electron chi connectivity index (χ1n) is 9.92. The first-order valence-corrected chi connectivity index (χ1v) is 10.7. The molecule has 3 aromatic rings. The molecule has 3 rings (SSSR count). The highest BCUT2D eigenvalue weighted by molar-refractivity contribution is 7.22. The van der Waals surface area contributed by atoms with Gasteiger partial charge in [-0.05, 0) is 69.8 Å². The molecule has 0 atom stereocenters. The monoisotopic (exact) mass is 447 g/mol. The maximum atomic E-state index is 13.2. The predicted octanol–water partition coefficient (Wildman–Crippen LogP) is 4.87. The van der Waals surface area contributed by atoms with Crippen LogP contribution < -0.4 is 9.64 Å². The van der Waals surface area contributed by atoms with Crippen LogP contribution in [0, 0.1) is 13.8 Å². The van der Waals surface area contributed by atoms with Crippen LogP contribution in [0.15, 0.2) is 36.4 Å². The number of rotatable bonds is 8. The summed E-state index contributed by atoms with van der Waals surface area (Å²) in [6, 6.07) is 12.0. The van der Waals surface area contributed by atoms with E-state index in [1.165, 1.54) is 5.56 Å². The number of thiazole rings is 1. The minimum Gasteiger partial charge on any atom is -0.494 e. The topological polar surface area (TPSA) is 45.7 Å². The molecule has 0 aliphatic carbocycles. The lowest BCUT2D eigenvalue weighted by atomic mass is 10.1. The van der Waals surface area contributed by atoms with E-state index in [4.69, 9.17) is 9.72 Å². The molecule has 30 heavy (non-hydrogen) atoms. The largest absolute Gasteiger partial charge is 0.494 e. The fourth-order valence-corrected chi connectivity index (χ4v) is 4.43. The number of halogens is 1. The van der Waals surface area contributed by atoms with E-state index in [9.17, 15) is 4.79 Å². The average molecular weight is 448 g/mol. The van der Waals surface area contributed by atoms with Gasteiger partial charge >= 0.3 is 0 Å². The number of hydrogen-bond acceptors (Lipinski definition) is 5. The van der Waals surface area contributed by atoms with Crippen molar-refractivity contribution in [2.24, 2.45) is 0 Å². The molecule has 5 nitrogen and oxygen atoms in total. The van der Waals surface area contributed by atoms with Crippen LogP contribution in [0.1, 0.15) is 23.6 Å². The first-order chi connectivity index (χ1) is 13.9. The Balaban J connectivity index is 0.00000320. The molecule has 0 saturated carbocycles. The molecule has 1 aromatic heterocycles. The second-order valence-electron chi connectivity index (χ2n) is 7.53. The third kappa shape index (κ3) is 5.94. The van der Waals surface area contributed by atoms with Gasteiger partial charge < -0.3 is 9.64 Å². The van der Waals surface area contributed by atoms with E-state index in [0.29, 0.717) is 19.6 Å². The van der Waals surface area contributed by atoms with Crippen LogP contribution in [0.25, 0.3) is 10.2 Å². The molecule has 0 fully saturated rings. The number of benzene rings is 2. The molecule has 0 aliphatic heterocycles. The van der Waals surface area contributed by atoms with Crippen LogP contribution in [0.2, 0.25) is 0 Å². The first kappa shape index (κ1) is 24.1. The molecule has 0 N–H and O–H groups in total. The number of likely N-dealkylation sites (N-methyl/N-ethyl adjacent to an activating group) is 1. The smallest absolute Gasteiger partial charge is 0.233 e. The number of nitrogens with zero attached hydrogens (tertiary/aromatic N) is 3. The fourth-order valence-electron chi connectivity index (χ4n) is 3.24. The van der Waals surface area contributed by atoms with Crippen LogP contribution >= 0.6 is 23.7 Å². The van der Waals surface area contributed by atoms with Crippen LogP contribution in [0.5, 0.6) is 5.75 Å². The number of carbonyl (C=O) groups is 1. The number of anilines is 1. The molecule has 2 aromatic carbocycles. The van der Waals surface area contributed by atoms with E-state index in [1.54, 1.807) is 11.3 Å². The quantitative estimate of drug-likeness (QED) is 0.494. The highest BCUT2D eigenvalue weighted by atomic mass is 35.5. The molecule has 1 amide bonds. The summed E-state index contributed by atoms with van der Waals surface area (Å²) in [7, 11) is 4.03. The summed E-state index contributed by atoms with van der Waals surface area (Å²) in [6.45, 7) is 8.15. The Hall–Kier alpha value is -2.15. The number of aromatic nitrogens is 1. The summed E-state index contributed by atoms with van der Waals surface area (Å²) in [6.07, 6.45) is 0.341. The van der Waals surface area contributed by atoms with Crippen molar-refractivity contribution in [1.29, 1.82) is 0 Å². The lowest BCUT2D eigenvalue weighted by Crippen LogP contribution is -2.37. The van der Waals surface area contributed by atoms with Crippen LogP contribution in [0.3, 0.4) is 0 Å². The molecule has 0 saturated heterocycles. The van der Waals surface area contributed by atoms with Gasteiger partial charge in [-0.2, -0.15) is 0 Å². The minimum absolute atomic E-state index is 0. The van der Waals surface area contributed by atoms with Crippen LogP contribution in [-0.4, -0.2) is 49.6 Å². The summed E-state index contributed by atoms with van der Waals surface area (Å²) in [5, 5.41) is 0.770. The molecular formula is C23H30ClN3O2S. The fraction of sp³-hybridized carbons (Fsp3) is 0.391. The van der Waals surface area contributed by atoms with Gasteiger partial charge in [0.1, 0.15) is 5.75 Å². The van der Waals surface area contributed by atoms with Crippen molar-refractivity contribution < 1.29 is 9.53 Å². The van der Waals surface area contributed by atoms with E-state index in [1.807, 2.05) is 50.2 Å².